The van der Waals surface area contributed by atoms with Crippen molar-refractivity contribution in [2.24, 2.45) is 0 Å². The molecule has 0 aliphatic carbocycles. The predicted octanol–water partition coefficient (Wildman–Crippen LogP) is 4.69. The lowest BCUT2D eigenvalue weighted by molar-refractivity contribution is 0.0696. The van der Waals surface area contributed by atoms with Gasteiger partial charge in [0.1, 0.15) is 17.0 Å². The quantitative estimate of drug-likeness (QED) is 0.367. The molecule has 1 aromatic carbocycles. The molecule has 1 saturated heterocycles. The van der Waals surface area contributed by atoms with E-state index in [2.05, 4.69) is 24.8 Å². The number of pyridine rings is 3. The summed E-state index contributed by atoms with van der Waals surface area (Å²) < 4.78 is 2.20. The molecule has 0 saturated carbocycles. The third kappa shape index (κ3) is 4.58. The summed E-state index contributed by atoms with van der Waals surface area (Å²) in [4.78, 5) is 33.2. The maximum Gasteiger partial charge on any atom is 0.253 e. The monoisotopic (exact) mass is 490 g/mol. The molecular formula is C28H26N8O. The summed E-state index contributed by atoms with van der Waals surface area (Å²) in [6.45, 7) is 1.32. The Morgan fingerprint density at radius 2 is 1.68 bits per heavy atom. The number of aromatic nitrogens is 5. The van der Waals surface area contributed by atoms with E-state index in [4.69, 9.17) is 10.7 Å². The average molecular weight is 491 g/mol. The van der Waals surface area contributed by atoms with Gasteiger partial charge in [-0.2, -0.15) is 0 Å². The van der Waals surface area contributed by atoms with Gasteiger partial charge in [-0.15, -0.1) is 0 Å². The normalized spacial score (nSPS) is 14.1. The maximum absolute atomic E-state index is 13.2. The third-order valence-electron chi connectivity index (χ3n) is 6.66. The molecule has 0 radical (unpaired) electrons. The molecule has 0 spiro atoms. The van der Waals surface area contributed by atoms with Gasteiger partial charge < -0.3 is 20.5 Å². The lowest BCUT2D eigenvalue weighted by Gasteiger charge is -2.33. The van der Waals surface area contributed by atoms with Gasteiger partial charge >= 0.3 is 0 Å². The first-order valence-electron chi connectivity index (χ1n) is 12.3. The molecule has 5 heterocycles. The van der Waals surface area contributed by atoms with E-state index in [9.17, 15) is 4.79 Å². The number of nitrogens with zero attached hydrogens (tertiary/aromatic N) is 6. The molecule has 1 aliphatic heterocycles. The fourth-order valence-corrected chi connectivity index (χ4v) is 4.85. The number of carbonyl (C=O) groups is 1. The number of imidazole rings is 1. The second-order valence-corrected chi connectivity index (χ2v) is 9.06. The molecule has 184 valence electrons. The van der Waals surface area contributed by atoms with E-state index in [-0.39, 0.29) is 11.9 Å². The van der Waals surface area contributed by atoms with Crippen LogP contribution >= 0.6 is 0 Å². The van der Waals surface area contributed by atoms with Crippen molar-refractivity contribution in [3.05, 3.63) is 90.9 Å². The van der Waals surface area contributed by atoms with Gasteiger partial charge in [-0.05, 0) is 67.4 Å². The minimum Gasteiger partial charge on any atom is -0.384 e. The van der Waals surface area contributed by atoms with Crippen LogP contribution in [-0.2, 0) is 0 Å². The molecule has 1 amide bonds. The van der Waals surface area contributed by atoms with Crippen molar-refractivity contribution in [3.8, 4) is 11.5 Å². The molecule has 1 fully saturated rings. The van der Waals surface area contributed by atoms with Crippen LogP contribution in [-0.4, -0.2) is 48.4 Å². The largest absolute Gasteiger partial charge is 0.384 e. The van der Waals surface area contributed by atoms with Crippen LogP contribution < -0.4 is 11.1 Å². The Labute approximate surface area is 214 Å². The van der Waals surface area contributed by atoms with Crippen LogP contribution in [0, 0.1) is 0 Å². The molecule has 3 N–H and O–H groups in total. The van der Waals surface area contributed by atoms with Gasteiger partial charge in [0.2, 0.25) is 0 Å². The molecule has 0 unspecified atom stereocenters. The fourth-order valence-electron chi connectivity index (χ4n) is 4.85. The number of hydrogen-bond donors (Lipinski definition) is 2. The summed E-state index contributed by atoms with van der Waals surface area (Å²) in [6.07, 6.45) is 6.86. The number of carbonyl (C=O) groups excluding carboxylic acids is 1. The number of benzene rings is 1. The zero-order valence-electron chi connectivity index (χ0n) is 20.2. The van der Waals surface area contributed by atoms with E-state index in [1.54, 1.807) is 24.7 Å². The number of amides is 1. The number of fused-ring (bicyclic) bond motifs is 1. The van der Waals surface area contributed by atoms with Crippen molar-refractivity contribution < 1.29 is 4.79 Å². The van der Waals surface area contributed by atoms with Gasteiger partial charge in [-0.3, -0.25) is 9.78 Å². The van der Waals surface area contributed by atoms with Crippen LogP contribution in [0.1, 0.15) is 29.2 Å². The second-order valence-electron chi connectivity index (χ2n) is 9.06. The second kappa shape index (κ2) is 9.69. The van der Waals surface area contributed by atoms with E-state index in [0.717, 1.165) is 46.9 Å². The lowest BCUT2D eigenvalue weighted by Crippen LogP contribution is -2.39. The number of nitrogens with two attached hydrogens (primary N) is 1. The van der Waals surface area contributed by atoms with Crippen LogP contribution in [0.5, 0.6) is 0 Å². The summed E-state index contributed by atoms with van der Waals surface area (Å²) in [5, 5.41) is 3.28. The molecule has 5 aromatic rings. The summed E-state index contributed by atoms with van der Waals surface area (Å²) in [5.74, 6) is 1.31. The summed E-state index contributed by atoms with van der Waals surface area (Å²) in [7, 11) is 0. The van der Waals surface area contributed by atoms with Crippen LogP contribution in [0.4, 0.5) is 17.2 Å². The standard InChI is InChI=1S/C28H26N8O/c29-25-18-21(10-15-31-25)33-20-8-6-19(7-9-20)28(37)35-16-11-22(12-17-35)36-26-24(5-3-14-32-26)34-27(36)23-4-1-2-13-30-23/h1-10,13-15,18,22H,11-12,16-17H2,(H3,29,31,33). The number of likely N-dealkylation sites (tertiary alicyclic amines) is 1. The van der Waals surface area contributed by atoms with Crippen LogP contribution in [0.2, 0.25) is 0 Å². The minimum atomic E-state index is 0.0386. The first-order chi connectivity index (χ1) is 18.2. The number of hydrogen-bond acceptors (Lipinski definition) is 7. The maximum atomic E-state index is 13.2. The fraction of sp³-hybridized carbons (Fsp3) is 0.179. The number of piperidine rings is 1. The van der Waals surface area contributed by atoms with Crippen molar-refractivity contribution in [1.82, 2.24) is 29.4 Å². The predicted molar refractivity (Wildman–Crippen MR) is 143 cm³/mol. The van der Waals surface area contributed by atoms with Crippen molar-refractivity contribution in [3.63, 3.8) is 0 Å². The molecule has 0 bridgehead atoms. The minimum absolute atomic E-state index is 0.0386. The Hall–Kier alpha value is -4.79. The zero-order chi connectivity index (χ0) is 25.2. The van der Waals surface area contributed by atoms with Crippen molar-refractivity contribution in [2.75, 3.05) is 24.1 Å². The van der Waals surface area contributed by atoms with Crippen LogP contribution in [0.25, 0.3) is 22.7 Å². The summed E-state index contributed by atoms with van der Waals surface area (Å²) >= 11 is 0. The molecule has 9 nitrogen and oxygen atoms in total. The van der Waals surface area contributed by atoms with Crippen molar-refractivity contribution >= 4 is 34.3 Å². The molecule has 0 atom stereocenters. The molecule has 4 aromatic heterocycles. The van der Waals surface area contributed by atoms with Crippen LogP contribution in [0.15, 0.2) is 85.3 Å². The highest BCUT2D eigenvalue weighted by Gasteiger charge is 2.28. The summed E-state index contributed by atoms with van der Waals surface area (Å²) in [5.41, 5.74) is 10.7. The van der Waals surface area contributed by atoms with Crippen molar-refractivity contribution in [1.29, 1.82) is 0 Å². The Morgan fingerprint density at radius 3 is 2.43 bits per heavy atom. The van der Waals surface area contributed by atoms with Gasteiger partial charge in [-0.1, -0.05) is 6.07 Å². The van der Waals surface area contributed by atoms with Gasteiger partial charge in [0.15, 0.2) is 11.5 Å². The van der Waals surface area contributed by atoms with Gasteiger partial charge in [0.25, 0.3) is 5.91 Å². The van der Waals surface area contributed by atoms with E-state index in [1.807, 2.05) is 65.6 Å². The molecule has 6 rings (SSSR count). The van der Waals surface area contributed by atoms with E-state index < -0.39 is 0 Å². The van der Waals surface area contributed by atoms with Crippen molar-refractivity contribution in [2.45, 2.75) is 18.9 Å². The molecule has 37 heavy (non-hydrogen) atoms. The van der Waals surface area contributed by atoms with E-state index >= 15 is 0 Å². The number of anilines is 3. The third-order valence-corrected chi connectivity index (χ3v) is 6.66. The Balaban J connectivity index is 1.17. The molecule has 1 aliphatic rings. The molecule has 9 heteroatoms. The van der Waals surface area contributed by atoms with Gasteiger partial charge in [0, 0.05) is 60.7 Å². The number of nitrogens with one attached hydrogen (secondary N) is 1. The summed E-state index contributed by atoms with van der Waals surface area (Å²) in [6, 6.07) is 21.0. The Bertz CT molecular complexity index is 1540. The zero-order valence-corrected chi connectivity index (χ0v) is 20.2. The Kier molecular flexibility index (Phi) is 5.94. The highest BCUT2D eigenvalue weighted by atomic mass is 16.2. The van der Waals surface area contributed by atoms with E-state index in [1.165, 1.54) is 0 Å². The topological polar surface area (TPSA) is 115 Å². The SMILES string of the molecule is Nc1cc(Nc2ccc(C(=O)N3CCC(n4c(-c5ccccn5)nc5cccnc54)CC3)cc2)ccn1. The highest BCUT2D eigenvalue weighted by Crippen LogP contribution is 2.32. The van der Waals surface area contributed by atoms with Gasteiger partial charge in [0.05, 0.1) is 0 Å². The molecular weight excluding hydrogens is 464 g/mol. The highest BCUT2D eigenvalue weighted by molar-refractivity contribution is 5.94. The van der Waals surface area contributed by atoms with Crippen LogP contribution in [0.3, 0.4) is 0 Å². The van der Waals surface area contributed by atoms with E-state index in [0.29, 0.717) is 24.5 Å². The Morgan fingerprint density at radius 1 is 0.865 bits per heavy atom. The average Bonchev–Trinajstić information content (AvgIpc) is 3.33. The smallest absolute Gasteiger partial charge is 0.253 e. The lowest BCUT2D eigenvalue weighted by atomic mass is 10.0. The number of rotatable bonds is 5. The number of nitrogen functional groups attached to an aromatic ring is 1. The van der Waals surface area contributed by atoms with Gasteiger partial charge in [-0.25, -0.2) is 15.0 Å². The first-order valence-corrected chi connectivity index (χ1v) is 12.3. The first kappa shape index (κ1) is 22.7.